The second-order valence-corrected chi connectivity index (χ2v) is 6.65. The van der Waals surface area contributed by atoms with Gasteiger partial charge >= 0.3 is 0 Å². The maximum atomic E-state index is 12.4. The van der Waals surface area contributed by atoms with Crippen LogP contribution in [0.25, 0.3) is 0 Å². The highest BCUT2D eigenvalue weighted by atomic mass is 79.9. The zero-order chi connectivity index (χ0) is 16.7. The Morgan fingerprint density at radius 2 is 2.26 bits per heavy atom. The summed E-state index contributed by atoms with van der Waals surface area (Å²) >= 11 is 3.31. The number of nitrogens with one attached hydrogen (secondary N) is 2. The zero-order valence-electron chi connectivity index (χ0n) is 13.3. The van der Waals surface area contributed by atoms with E-state index in [0.29, 0.717) is 18.8 Å². The van der Waals surface area contributed by atoms with Gasteiger partial charge in [0.1, 0.15) is 5.82 Å². The van der Waals surface area contributed by atoms with Gasteiger partial charge in [-0.3, -0.25) is 9.59 Å². The quantitative estimate of drug-likeness (QED) is 0.738. The number of pyridine rings is 1. The summed E-state index contributed by atoms with van der Waals surface area (Å²) in [6.07, 6.45) is 4.68. The number of anilines is 1. The number of aromatic nitrogens is 1. The molecule has 23 heavy (non-hydrogen) atoms. The van der Waals surface area contributed by atoms with Crippen molar-refractivity contribution < 1.29 is 9.59 Å². The molecule has 7 heteroatoms. The smallest absolute Gasteiger partial charge is 0.230 e. The van der Waals surface area contributed by atoms with Crippen LogP contribution in [-0.2, 0) is 9.59 Å². The minimum atomic E-state index is -0.164. The van der Waals surface area contributed by atoms with Crippen molar-refractivity contribution in [1.29, 1.82) is 0 Å². The fraction of sp³-hybridized carbons (Fsp3) is 0.562. The molecule has 2 amide bonds. The Labute approximate surface area is 145 Å². The fourth-order valence-corrected chi connectivity index (χ4v) is 2.90. The molecule has 1 unspecified atom stereocenters. The number of piperidine rings is 1. The highest BCUT2D eigenvalue weighted by Gasteiger charge is 2.28. The molecule has 2 N–H and O–H groups in total. The van der Waals surface area contributed by atoms with Crippen LogP contribution >= 0.6 is 15.9 Å². The van der Waals surface area contributed by atoms with E-state index in [1.165, 1.54) is 0 Å². The molecule has 0 bridgehead atoms. The van der Waals surface area contributed by atoms with E-state index in [2.05, 4.69) is 31.5 Å². The topological polar surface area (TPSA) is 74.3 Å². The summed E-state index contributed by atoms with van der Waals surface area (Å²) in [6.45, 7) is 2.08. The van der Waals surface area contributed by atoms with Crippen LogP contribution in [0.2, 0.25) is 0 Å². The zero-order valence-corrected chi connectivity index (χ0v) is 14.9. The first-order chi connectivity index (χ1) is 11.1. The molecule has 0 spiro atoms. The standard InChI is InChI=1S/C16H23BrN4O2/c1-18-8-2-5-15(22)21-9-3-4-12(11-21)16(23)20-14-7-6-13(17)10-19-14/h6-7,10,12,18H,2-5,8-9,11H2,1H3,(H,19,20,23). The molecular formula is C16H23BrN4O2. The molecule has 0 saturated carbocycles. The molecule has 0 radical (unpaired) electrons. The first-order valence-corrected chi connectivity index (χ1v) is 8.74. The molecule has 1 aromatic heterocycles. The molecular weight excluding hydrogens is 360 g/mol. The van der Waals surface area contributed by atoms with E-state index in [4.69, 9.17) is 0 Å². The third-order valence-electron chi connectivity index (χ3n) is 3.94. The first-order valence-electron chi connectivity index (χ1n) is 7.95. The van der Waals surface area contributed by atoms with Crippen LogP contribution in [0.15, 0.2) is 22.8 Å². The van der Waals surface area contributed by atoms with Gasteiger partial charge in [-0.1, -0.05) is 0 Å². The van der Waals surface area contributed by atoms with E-state index in [0.717, 1.165) is 36.8 Å². The summed E-state index contributed by atoms with van der Waals surface area (Å²) in [5, 5.41) is 5.87. The molecule has 1 saturated heterocycles. The van der Waals surface area contributed by atoms with E-state index >= 15 is 0 Å². The maximum Gasteiger partial charge on any atom is 0.230 e. The molecule has 2 rings (SSSR count). The van der Waals surface area contributed by atoms with Gasteiger partial charge in [-0.2, -0.15) is 0 Å². The van der Waals surface area contributed by atoms with Gasteiger partial charge in [-0.15, -0.1) is 0 Å². The molecule has 1 aromatic rings. The number of hydrogen-bond acceptors (Lipinski definition) is 4. The average Bonchev–Trinajstić information content (AvgIpc) is 2.57. The highest BCUT2D eigenvalue weighted by molar-refractivity contribution is 9.10. The number of likely N-dealkylation sites (tertiary alicyclic amines) is 1. The van der Waals surface area contributed by atoms with Crippen molar-refractivity contribution in [3.63, 3.8) is 0 Å². The number of carbonyl (C=O) groups is 2. The minimum Gasteiger partial charge on any atom is -0.342 e. The van der Waals surface area contributed by atoms with Gasteiger partial charge in [0.05, 0.1) is 5.92 Å². The predicted molar refractivity (Wildman–Crippen MR) is 93.0 cm³/mol. The number of nitrogens with zero attached hydrogens (tertiary/aromatic N) is 2. The molecule has 1 aliphatic heterocycles. The summed E-state index contributed by atoms with van der Waals surface area (Å²) in [6, 6.07) is 3.59. The second-order valence-electron chi connectivity index (χ2n) is 5.74. The fourth-order valence-electron chi connectivity index (χ4n) is 2.67. The Bertz CT molecular complexity index is 535. The van der Waals surface area contributed by atoms with Gasteiger partial charge in [-0.05, 0) is 60.9 Å². The first kappa shape index (κ1) is 17.9. The van der Waals surface area contributed by atoms with E-state index in [1.807, 2.05) is 18.0 Å². The van der Waals surface area contributed by atoms with Gasteiger partial charge in [0.25, 0.3) is 0 Å². The SMILES string of the molecule is CNCCCC(=O)N1CCCC(C(=O)Nc2ccc(Br)cn2)C1. The van der Waals surface area contributed by atoms with Gasteiger partial charge in [-0.25, -0.2) is 4.98 Å². The second kappa shape index (κ2) is 8.98. The Hall–Kier alpha value is -1.47. The molecule has 126 valence electrons. The molecule has 1 atom stereocenters. The minimum absolute atomic E-state index is 0.0625. The lowest BCUT2D eigenvalue weighted by atomic mass is 9.96. The van der Waals surface area contributed by atoms with Gasteiger partial charge < -0.3 is 15.5 Å². The van der Waals surface area contributed by atoms with E-state index in [9.17, 15) is 9.59 Å². The van der Waals surface area contributed by atoms with Gasteiger partial charge in [0.2, 0.25) is 11.8 Å². The molecule has 1 aliphatic rings. The number of halogens is 1. The number of carbonyl (C=O) groups excluding carboxylic acids is 2. The monoisotopic (exact) mass is 382 g/mol. The van der Waals surface area contributed by atoms with Crippen molar-refractivity contribution in [2.45, 2.75) is 25.7 Å². The third kappa shape index (κ3) is 5.58. The molecule has 6 nitrogen and oxygen atoms in total. The largest absolute Gasteiger partial charge is 0.342 e. The van der Waals surface area contributed by atoms with Crippen LogP contribution in [0.4, 0.5) is 5.82 Å². The van der Waals surface area contributed by atoms with Crippen LogP contribution in [0.3, 0.4) is 0 Å². The number of hydrogen-bond donors (Lipinski definition) is 2. The summed E-state index contributed by atoms with van der Waals surface area (Å²) in [5.41, 5.74) is 0. The van der Waals surface area contributed by atoms with Crippen molar-refractivity contribution in [3.05, 3.63) is 22.8 Å². The van der Waals surface area contributed by atoms with Crippen molar-refractivity contribution in [1.82, 2.24) is 15.2 Å². The Balaban J connectivity index is 1.85. The average molecular weight is 383 g/mol. The lowest BCUT2D eigenvalue weighted by Crippen LogP contribution is -2.43. The van der Waals surface area contributed by atoms with Crippen LogP contribution in [-0.4, -0.2) is 48.4 Å². The van der Waals surface area contributed by atoms with Crippen LogP contribution in [0.1, 0.15) is 25.7 Å². The summed E-state index contributed by atoms with van der Waals surface area (Å²) in [4.78, 5) is 30.5. The molecule has 0 aromatic carbocycles. The Kier molecular flexibility index (Phi) is 6.98. The molecule has 1 fully saturated rings. The normalized spacial score (nSPS) is 17.8. The number of rotatable bonds is 6. The van der Waals surface area contributed by atoms with Gasteiger partial charge in [0, 0.05) is 30.2 Å². The van der Waals surface area contributed by atoms with E-state index in [1.54, 1.807) is 12.3 Å². The molecule has 0 aliphatic carbocycles. The van der Waals surface area contributed by atoms with Crippen molar-refractivity contribution >= 4 is 33.6 Å². The lowest BCUT2D eigenvalue weighted by Gasteiger charge is -2.32. The van der Waals surface area contributed by atoms with Crippen LogP contribution < -0.4 is 10.6 Å². The highest BCUT2D eigenvalue weighted by Crippen LogP contribution is 2.19. The Morgan fingerprint density at radius 1 is 1.43 bits per heavy atom. The molecule has 2 heterocycles. The summed E-state index contributed by atoms with van der Waals surface area (Å²) in [5.74, 6) is 0.449. The number of amides is 2. The van der Waals surface area contributed by atoms with E-state index < -0.39 is 0 Å². The third-order valence-corrected chi connectivity index (χ3v) is 4.41. The maximum absolute atomic E-state index is 12.4. The van der Waals surface area contributed by atoms with Crippen LogP contribution in [0.5, 0.6) is 0 Å². The summed E-state index contributed by atoms with van der Waals surface area (Å²) < 4.78 is 0.867. The summed E-state index contributed by atoms with van der Waals surface area (Å²) in [7, 11) is 1.88. The van der Waals surface area contributed by atoms with Crippen molar-refractivity contribution in [3.8, 4) is 0 Å². The lowest BCUT2D eigenvalue weighted by molar-refractivity contribution is -0.134. The van der Waals surface area contributed by atoms with E-state index in [-0.39, 0.29) is 17.7 Å². The van der Waals surface area contributed by atoms with Crippen molar-refractivity contribution in [2.75, 3.05) is 32.0 Å². The van der Waals surface area contributed by atoms with Gasteiger partial charge in [0.15, 0.2) is 0 Å². The van der Waals surface area contributed by atoms with Crippen LogP contribution in [0, 0.1) is 5.92 Å². The van der Waals surface area contributed by atoms with Crippen molar-refractivity contribution in [2.24, 2.45) is 5.92 Å². The Morgan fingerprint density at radius 3 is 2.96 bits per heavy atom. The predicted octanol–water partition coefficient (Wildman–Crippen LogP) is 2.02.